The van der Waals surface area contributed by atoms with E-state index in [1.807, 2.05) is 67.7 Å². The number of hydrogen-bond donors (Lipinski definition) is 1. The zero-order valence-corrected chi connectivity index (χ0v) is 16.4. The van der Waals surface area contributed by atoms with Gasteiger partial charge in [0.1, 0.15) is 0 Å². The molecule has 0 saturated carbocycles. The van der Waals surface area contributed by atoms with Crippen LogP contribution in [0.5, 0.6) is 0 Å². The maximum Gasteiger partial charge on any atom is 0.237 e. The summed E-state index contributed by atoms with van der Waals surface area (Å²) < 4.78 is 5.03. The van der Waals surface area contributed by atoms with Gasteiger partial charge in [-0.05, 0) is 36.1 Å². The molecule has 0 radical (unpaired) electrons. The number of nitrogens with one attached hydrogen (secondary N) is 1. The Balaban J connectivity index is 1.58. The predicted octanol–water partition coefficient (Wildman–Crippen LogP) is 3.83. The lowest BCUT2D eigenvalue weighted by atomic mass is 9.73. The number of fused-ring (bicyclic) bond motifs is 1. The number of nitrogens with zero attached hydrogens (tertiary/aromatic N) is 1. The molecule has 1 atom stereocenters. The van der Waals surface area contributed by atoms with Crippen molar-refractivity contribution in [2.24, 2.45) is 0 Å². The van der Waals surface area contributed by atoms with Crippen LogP contribution < -0.4 is 10.2 Å². The van der Waals surface area contributed by atoms with Crippen molar-refractivity contribution in [2.45, 2.75) is 31.2 Å². The van der Waals surface area contributed by atoms with E-state index in [0.29, 0.717) is 19.4 Å². The number of anilines is 1. The lowest BCUT2D eigenvalue weighted by Gasteiger charge is -2.28. The van der Waals surface area contributed by atoms with Crippen LogP contribution in [0, 0.1) is 0 Å². The quantitative estimate of drug-likeness (QED) is 0.669. The summed E-state index contributed by atoms with van der Waals surface area (Å²) in [5, 5.41) is 2.92. The van der Waals surface area contributed by atoms with Gasteiger partial charge in [0, 0.05) is 31.3 Å². The maximum absolute atomic E-state index is 13.4. The fourth-order valence-corrected chi connectivity index (χ4v) is 4.17. The number of hydrogen-bond acceptors (Lipinski definition) is 3. The standard InChI is InChI=1S/C24H24N2O3/c1-26-21-10-6-5-9-20(21)24(23(26)28,15-18-7-3-2-4-8-18)13-11-22(27)25-16-19-12-14-29-17-19/h2-10,12,14,17H,11,13,15-16H2,1H3,(H,25,27)/t24-/m0/s1. The predicted molar refractivity (Wildman–Crippen MR) is 111 cm³/mol. The summed E-state index contributed by atoms with van der Waals surface area (Å²) in [6.07, 6.45) is 4.50. The Morgan fingerprint density at radius 1 is 1.03 bits per heavy atom. The number of rotatable bonds is 7. The molecular formula is C24H24N2O3. The minimum atomic E-state index is -0.736. The highest BCUT2D eigenvalue weighted by atomic mass is 16.3. The topological polar surface area (TPSA) is 62.6 Å². The Hall–Kier alpha value is -3.34. The summed E-state index contributed by atoms with van der Waals surface area (Å²) >= 11 is 0. The van der Waals surface area contributed by atoms with Crippen LogP contribution in [-0.4, -0.2) is 18.9 Å². The number of carbonyl (C=O) groups is 2. The number of furan rings is 1. The first kappa shape index (κ1) is 19.0. The molecule has 2 aromatic carbocycles. The number of likely N-dealkylation sites (N-methyl/N-ethyl adjacent to an activating group) is 1. The molecule has 4 rings (SSSR count). The molecule has 0 saturated heterocycles. The molecular weight excluding hydrogens is 364 g/mol. The highest BCUT2D eigenvalue weighted by molar-refractivity contribution is 6.08. The molecule has 5 nitrogen and oxygen atoms in total. The van der Waals surface area contributed by atoms with E-state index in [2.05, 4.69) is 5.32 Å². The molecule has 0 spiro atoms. The summed E-state index contributed by atoms with van der Waals surface area (Å²) in [6, 6.07) is 19.7. The first-order chi connectivity index (χ1) is 14.1. The van der Waals surface area contributed by atoms with Crippen LogP contribution in [0.4, 0.5) is 5.69 Å². The van der Waals surface area contributed by atoms with E-state index in [-0.39, 0.29) is 18.2 Å². The molecule has 1 N–H and O–H groups in total. The summed E-state index contributed by atoms with van der Waals surface area (Å²) in [7, 11) is 1.81. The van der Waals surface area contributed by atoms with Crippen molar-refractivity contribution in [3.05, 3.63) is 89.9 Å². The molecule has 0 unspecified atom stereocenters. The Morgan fingerprint density at radius 2 is 1.79 bits per heavy atom. The largest absolute Gasteiger partial charge is 0.472 e. The highest BCUT2D eigenvalue weighted by Crippen LogP contribution is 2.46. The highest BCUT2D eigenvalue weighted by Gasteiger charge is 2.49. The van der Waals surface area contributed by atoms with Crippen LogP contribution >= 0.6 is 0 Å². The molecule has 29 heavy (non-hydrogen) atoms. The van der Waals surface area contributed by atoms with Gasteiger partial charge in [0.2, 0.25) is 11.8 Å². The molecule has 1 aliphatic heterocycles. The number of para-hydroxylation sites is 1. The summed E-state index contributed by atoms with van der Waals surface area (Å²) in [4.78, 5) is 27.7. The third-order valence-electron chi connectivity index (χ3n) is 5.69. The van der Waals surface area contributed by atoms with E-state index in [9.17, 15) is 9.59 Å². The second kappa shape index (κ2) is 7.95. The van der Waals surface area contributed by atoms with Crippen molar-refractivity contribution in [1.29, 1.82) is 0 Å². The first-order valence-corrected chi connectivity index (χ1v) is 9.79. The number of amides is 2. The Kier molecular flexibility index (Phi) is 5.21. The number of benzene rings is 2. The number of carbonyl (C=O) groups excluding carboxylic acids is 2. The van der Waals surface area contributed by atoms with Gasteiger partial charge in [0.05, 0.1) is 17.9 Å². The van der Waals surface area contributed by atoms with Gasteiger partial charge in [-0.1, -0.05) is 48.5 Å². The molecule has 0 aliphatic carbocycles. The van der Waals surface area contributed by atoms with Gasteiger partial charge in [-0.2, -0.15) is 0 Å². The van der Waals surface area contributed by atoms with Gasteiger partial charge in [0.25, 0.3) is 0 Å². The van der Waals surface area contributed by atoms with E-state index >= 15 is 0 Å². The Labute approximate surface area is 170 Å². The van der Waals surface area contributed by atoms with Gasteiger partial charge in [-0.3, -0.25) is 9.59 Å². The lowest BCUT2D eigenvalue weighted by Crippen LogP contribution is -2.41. The molecule has 1 aromatic heterocycles. The van der Waals surface area contributed by atoms with Crippen LogP contribution in [0.15, 0.2) is 77.6 Å². The zero-order chi connectivity index (χ0) is 20.3. The van der Waals surface area contributed by atoms with E-state index in [1.165, 1.54) is 0 Å². The summed E-state index contributed by atoms with van der Waals surface area (Å²) in [5.41, 5.74) is 3.19. The monoisotopic (exact) mass is 388 g/mol. The van der Waals surface area contributed by atoms with Crippen molar-refractivity contribution in [3.63, 3.8) is 0 Å². The minimum Gasteiger partial charge on any atom is -0.472 e. The van der Waals surface area contributed by atoms with Gasteiger partial charge in [-0.15, -0.1) is 0 Å². The molecule has 0 fully saturated rings. The molecule has 0 bridgehead atoms. The molecule has 2 amide bonds. The van der Waals surface area contributed by atoms with E-state index < -0.39 is 5.41 Å². The van der Waals surface area contributed by atoms with Gasteiger partial charge in [-0.25, -0.2) is 0 Å². The third kappa shape index (κ3) is 3.68. The van der Waals surface area contributed by atoms with Crippen molar-refractivity contribution < 1.29 is 14.0 Å². The zero-order valence-electron chi connectivity index (χ0n) is 16.4. The normalized spacial score (nSPS) is 18.0. The average Bonchev–Trinajstić information content (AvgIpc) is 3.34. The van der Waals surface area contributed by atoms with Gasteiger partial charge >= 0.3 is 0 Å². The molecule has 2 heterocycles. The van der Waals surface area contributed by atoms with Crippen LogP contribution in [0.25, 0.3) is 0 Å². The van der Waals surface area contributed by atoms with Gasteiger partial charge in [0.15, 0.2) is 0 Å². The van der Waals surface area contributed by atoms with E-state index in [1.54, 1.807) is 17.4 Å². The maximum atomic E-state index is 13.4. The first-order valence-electron chi connectivity index (χ1n) is 9.79. The molecule has 5 heteroatoms. The van der Waals surface area contributed by atoms with Crippen LogP contribution in [0.1, 0.15) is 29.5 Å². The average molecular weight is 388 g/mol. The van der Waals surface area contributed by atoms with Crippen LogP contribution in [0.2, 0.25) is 0 Å². The van der Waals surface area contributed by atoms with E-state index in [4.69, 9.17) is 4.42 Å². The molecule has 1 aliphatic rings. The second-order valence-electron chi connectivity index (χ2n) is 7.53. The fourth-order valence-electron chi connectivity index (χ4n) is 4.17. The van der Waals surface area contributed by atoms with Crippen LogP contribution in [-0.2, 0) is 28.0 Å². The Morgan fingerprint density at radius 3 is 2.55 bits per heavy atom. The molecule has 3 aromatic rings. The smallest absolute Gasteiger partial charge is 0.237 e. The minimum absolute atomic E-state index is 0.0465. The Bertz CT molecular complexity index is 998. The second-order valence-corrected chi connectivity index (χ2v) is 7.53. The van der Waals surface area contributed by atoms with E-state index in [0.717, 1.165) is 22.4 Å². The van der Waals surface area contributed by atoms with Crippen LogP contribution in [0.3, 0.4) is 0 Å². The third-order valence-corrected chi connectivity index (χ3v) is 5.69. The lowest BCUT2D eigenvalue weighted by molar-refractivity contribution is -0.124. The van der Waals surface area contributed by atoms with Crippen molar-refractivity contribution in [2.75, 3.05) is 11.9 Å². The van der Waals surface area contributed by atoms with Gasteiger partial charge < -0.3 is 14.6 Å². The molecule has 148 valence electrons. The SMILES string of the molecule is CN1C(=O)[C@@](CCC(=O)NCc2ccoc2)(Cc2ccccc2)c2ccccc21. The van der Waals surface area contributed by atoms with Crippen molar-refractivity contribution in [1.82, 2.24) is 5.32 Å². The van der Waals surface area contributed by atoms with Crippen molar-refractivity contribution in [3.8, 4) is 0 Å². The van der Waals surface area contributed by atoms with Crippen molar-refractivity contribution >= 4 is 17.5 Å². The summed E-state index contributed by atoms with van der Waals surface area (Å²) in [5.74, 6) is -0.0244. The fraction of sp³-hybridized carbons (Fsp3) is 0.250. The summed E-state index contributed by atoms with van der Waals surface area (Å²) in [6.45, 7) is 0.422.